The largest absolute Gasteiger partial charge is 0.489 e. The van der Waals surface area contributed by atoms with E-state index in [1.165, 1.54) is 0 Å². The first kappa shape index (κ1) is 26.6. The number of esters is 2. The molecule has 0 heterocycles. The fourth-order valence-corrected chi connectivity index (χ4v) is 4.28. The molecule has 188 valence electrons. The SMILES string of the molecule is C=C(C)C(=O)OC(C)COc1c2c(c(OCC(C)OC(=O)C(=C)C)c3c(Cl)cccc13)CCCC2. The Morgan fingerprint density at radius 3 is 1.89 bits per heavy atom. The Bertz CT molecular complexity index is 1150. The predicted molar refractivity (Wildman–Crippen MR) is 137 cm³/mol. The van der Waals surface area contributed by atoms with Gasteiger partial charge in [-0.05, 0) is 59.4 Å². The van der Waals surface area contributed by atoms with Gasteiger partial charge in [0.05, 0.1) is 5.02 Å². The van der Waals surface area contributed by atoms with Crippen LogP contribution < -0.4 is 9.47 Å². The molecule has 0 saturated heterocycles. The molecule has 35 heavy (non-hydrogen) atoms. The molecule has 0 fully saturated rings. The van der Waals surface area contributed by atoms with Crippen molar-refractivity contribution in [2.24, 2.45) is 0 Å². The number of rotatable bonds is 10. The van der Waals surface area contributed by atoms with Crippen molar-refractivity contribution in [3.63, 3.8) is 0 Å². The minimum atomic E-state index is -0.462. The Morgan fingerprint density at radius 1 is 0.886 bits per heavy atom. The Labute approximate surface area is 211 Å². The summed E-state index contributed by atoms with van der Waals surface area (Å²) in [6.45, 7) is 14.4. The van der Waals surface area contributed by atoms with Gasteiger partial charge in [0.15, 0.2) is 0 Å². The third-order valence-corrected chi connectivity index (χ3v) is 6.05. The lowest BCUT2D eigenvalue weighted by molar-refractivity contribution is -0.145. The van der Waals surface area contributed by atoms with Gasteiger partial charge in [0.1, 0.15) is 36.9 Å². The highest BCUT2D eigenvalue weighted by atomic mass is 35.5. The maximum atomic E-state index is 11.9. The average Bonchev–Trinajstić information content (AvgIpc) is 2.81. The molecular formula is C28H33ClO6. The van der Waals surface area contributed by atoms with Gasteiger partial charge in [-0.1, -0.05) is 36.9 Å². The van der Waals surface area contributed by atoms with E-state index in [1.54, 1.807) is 27.7 Å². The van der Waals surface area contributed by atoms with Gasteiger partial charge in [0.25, 0.3) is 0 Å². The van der Waals surface area contributed by atoms with Crippen molar-refractivity contribution in [3.8, 4) is 11.5 Å². The fourth-order valence-electron chi connectivity index (χ4n) is 4.02. The van der Waals surface area contributed by atoms with Gasteiger partial charge in [-0.25, -0.2) is 9.59 Å². The van der Waals surface area contributed by atoms with E-state index in [4.69, 9.17) is 30.5 Å². The van der Waals surface area contributed by atoms with Crippen molar-refractivity contribution in [2.75, 3.05) is 13.2 Å². The van der Waals surface area contributed by atoms with Gasteiger partial charge in [0, 0.05) is 33.0 Å². The molecule has 1 aliphatic carbocycles. The highest BCUT2D eigenvalue weighted by Crippen LogP contribution is 2.46. The molecule has 0 aromatic heterocycles. The highest BCUT2D eigenvalue weighted by Gasteiger charge is 2.26. The molecule has 6 nitrogen and oxygen atoms in total. The van der Waals surface area contributed by atoms with Crippen LogP contribution in [0.1, 0.15) is 51.7 Å². The quantitative estimate of drug-likeness (QED) is 0.288. The van der Waals surface area contributed by atoms with Crippen LogP contribution in [0.4, 0.5) is 0 Å². The average molecular weight is 501 g/mol. The van der Waals surface area contributed by atoms with E-state index in [0.29, 0.717) is 21.9 Å². The molecule has 2 atom stereocenters. The van der Waals surface area contributed by atoms with E-state index in [0.717, 1.165) is 53.3 Å². The summed E-state index contributed by atoms with van der Waals surface area (Å²) in [5.74, 6) is 0.551. The molecule has 2 unspecified atom stereocenters. The standard InChI is InChI=1S/C28H33ClO6/c1-16(2)27(30)34-18(5)14-32-25-20-10-7-8-11-21(20)26(24-22(25)12-9-13-23(24)29)33-15-19(6)35-28(31)17(3)4/h9,12-13,18-19H,1,3,7-8,10-11,14-15H2,2,4-6H3. The second kappa shape index (κ2) is 11.6. The summed E-state index contributed by atoms with van der Waals surface area (Å²) in [7, 11) is 0. The Kier molecular flexibility index (Phi) is 8.84. The normalized spacial score (nSPS) is 14.4. The fraction of sp³-hybridized carbons (Fsp3) is 0.429. The lowest BCUT2D eigenvalue weighted by Crippen LogP contribution is -2.24. The molecule has 1 aliphatic rings. The summed E-state index contributed by atoms with van der Waals surface area (Å²) < 4.78 is 23.3. The van der Waals surface area contributed by atoms with E-state index < -0.39 is 24.1 Å². The number of carbonyl (C=O) groups is 2. The second-order valence-corrected chi connectivity index (χ2v) is 9.51. The summed E-state index contributed by atoms with van der Waals surface area (Å²) in [5.41, 5.74) is 2.81. The van der Waals surface area contributed by atoms with E-state index in [2.05, 4.69) is 13.2 Å². The second-order valence-electron chi connectivity index (χ2n) is 9.10. The lowest BCUT2D eigenvalue weighted by Gasteiger charge is -2.27. The zero-order chi connectivity index (χ0) is 25.7. The van der Waals surface area contributed by atoms with E-state index in [9.17, 15) is 9.59 Å². The van der Waals surface area contributed by atoms with E-state index in [-0.39, 0.29) is 13.2 Å². The van der Waals surface area contributed by atoms with Crippen LogP contribution in [0, 0.1) is 0 Å². The van der Waals surface area contributed by atoms with Crippen LogP contribution in [0.5, 0.6) is 11.5 Å². The number of halogens is 1. The summed E-state index contributed by atoms with van der Waals surface area (Å²) in [6.07, 6.45) is 2.79. The van der Waals surface area contributed by atoms with Gasteiger partial charge in [0.2, 0.25) is 0 Å². The minimum Gasteiger partial charge on any atom is -0.489 e. The first-order valence-electron chi connectivity index (χ1n) is 11.8. The predicted octanol–water partition coefficient (Wildman–Crippen LogP) is 6.15. The third kappa shape index (κ3) is 6.37. The number of fused-ring (bicyclic) bond motifs is 2. The monoisotopic (exact) mass is 500 g/mol. The number of hydrogen-bond donors (Lipinski definition) is 0. The molecule has 7 heteroatoms. The first-order valence-corrected chi connectivity index (χ1v) is 12.2. The zero-order valence-electron chi connectivity index (χ0n) is 20.9. The van der Waals surface area contributed by atoms with Gasteiger partial charge in [-0.3, -0.25) is 0 Å². The smallest absolute Gasteiger partial charge is 0.333 e. The van der Waals surface area contributed by atoms with Crippen LogP contribution in [0.2, 0.25) is 5.02 Å². The van der Waals surface area contributed by atoms with Gasteiger partial charge in [-0.2, -0.15) is 0 Å². The number of ether oxygens (including phenoxy) is 4. The molecular weight excluding hydrogens is 468 g/mol. The van der Waals surface area contributed by atoms with Crippen LogP contribution in [-0.4, -0.2) is 37.4 Å². The molecule has 0 aliphatic heterocycles. The van der Waals surface area contributed by atoms with Crippen LogP contribution >= 0.6 is 11.6 Å². The zero-order valence-corrected chi connectivity index (χ0v) is 21.6. The van der Waals surface area contributed by atoms with Crippen molar-refractivity contribution >= 4 is 34.3 Å². The number of carbonyl (C=O) groups excluding carboxylic acids is 2. The van der Waals surface area contributed by atoms with Crippen LogP contribution in [0.25, 0.3) is 10.8 Å². The third-order valence-electron chi connectivity index (χ3n) is 5.74. The van der Waals surface area contributed by atoms with Crippen LogP contribution in [0.15, 0.2) is 42.5 Å². The Hall–Kier alpha value is -2.99. The van der Waals surface area contributed by atoms with Crippen LogP contribution in [0.3, 0.4) is 0 Å². The molecule has 0 saturated carbocycles. The minimum absolute atomic E-state index is 0.180. The molecule has 0 spiro atoms. The van der Waals surface area contributed by atoms with Gasteiger partial charge in [-0.15, -0.1) is 0 Å². The Morgan fingerprint density at radius 2 is 1.37 bits per heavy atom. The van der Waals surface area contributed by atoms with E-state index in [1.807, 2.05) is 18.2 Å². The summed E-state index contributed by atoms with van der Waals surface area (Å²) in [6, 6.07) is 5.64. The lowest BCUT2D eigenvalue weighted by atomic mass is 9.87. The van der Waals surface area contributed by atoms with Crippen molar-refractivity contribution in [1.82, 2.24) is 0 Å². The van der Waals surface area contributed by atoms with Crippen molar-refractivity contribution in [2.45, 2.75) is 65.6 Å². The molecule has 0 N–H and O–H groups in total. The van der Waals surface area contributed by atoms with Gasteiger partial charge < -0.3 is 18.9 Å². The molecule has 2 aromatic carbocycles. The number of hydrogen-bond acceptors (Lipinski definition) is 6. The maximum Gasteiger partial charge on any atom is 0.333 e. The molecule has 2 aromatic rings. The van der Waals surface area contributed by atoms with Gasteiger partial charge >= 0.3 is 11.9 Å². The molecule has 0 radical (unpaired) electrons. The molecule has 0 bridgehead atoms. The van der Waals surface area contributed by atoms with Crippen molar-refractivity contribution in [3.05, 3.63) is 58.7 Å². The maximum absolute atomic E-state index is 11.9. The summed E-state index contributed by atoms with van der Waals surface area (Å²) in [4.78, 5) is 23.8. The van der Waals surface area contributed by atoms with Crippen molar-refractivity contribution < 1.29 is 28.5 Å². The van der Waals surface area contributed by atoms with Crippen molar-refractivity contribution in [1.29, 1.82) is 0 Å². The molecule has 0 amide bonds. The first-order chi connectivity index (χ1) is 16.6. The van der Waals surface area contributed by atoms with Crippen LogP contribution in [-0.2, 0) is 31.9 Å². The highest BCUT2D eigenvalue weighted by molar-refractivity contribution is 6.36. The Balaban J connectivity index is 1.95. The topological polar surface area (TPSA) is 71.1 Å². The van der Waals surface area contributed by atoms with E-state index >= 15 is 0 Å². The molecule has 3 rings (SSSR count). The summed E-state index contributed by atoms with van der Waals surface area (Å²) >= 11 is 6.67. The summed E-state index contributed by atoms with van der Waals surface area (Å²) in [5, 5.41) is 2.14. The number of benzene rings is 2.